The topological polar surface area (TPSA) is 77.4 Å². The highest BCUT2D eigenvalue weighted by Gasteiger charge is 2.25. The minimum atomic E-state index is -0.799. The fourth-order valence-corrected chi connectivity index (χ4v) is 3.71. The monoisotopic (exact) mass is 422 g/mol. The SMILES string of the molecule is CCc1cccc2c(C(=O)C(=O)NC3=CC(=O)OC3)cn(Cc3ccc(Cl)cc3)c12. The van der Waals surface area contributed by atoms with E-state index in [9.17, 15) is 14.4 Å². The first-order valence-corrected chi connectivity index (χ1v) is 9.92. The van der Waals surface area contributed by atoms with Gasteiger partial charge in [-0.1, -0.05) is 48.9 Å². The number of halogens is 1. The summed E-state index contributed by atoms with van der Waals surface area (Å²) in [5.74, 6) is -2.00. The number of carbonyl (C=O) groups excluding carboxylic acids is 3. The lowest BCUT2D eigenvalue weighted by Gasteiger charge is -2.09. The lowest BCUT2D eigenvalue weighted by atomic mass is 10.0. The van der Waals surface area contributed by atoms with E-state index < -0.39 is 17.7 Å². The van der Waals surface area contributed by atoms with Gasteiger partial charge in [0.05, 0.1) is 16.8 Å². The second-order valence-electron chi connectivity index (χ2n) is 7.02. The number of hydrogen-bond donors (Lipinski definition) is 1. The van der Waals surface area contributed by atoms with Gasteiger partial charge in [0.25, 0.3) is 11.7 Å². The van der Waals surface area contributed by atoms with Crippen LogP contribution in [-0.4, -0.2) is 28.8 Å². The number of benzene rings is 2. The van der Waals surface area contributed by atoms with Gasteiger partial charge in [0.15, 0.2) is 0 Å². The van der Waals surface area contributed by atoms with Crippen molar-refractivity contribution in [3.8, 4) is 0 Å². The number of rotatable bonds is 6. The maximum atomic E-state index is 12.9. The predicted molar refractivity (Wildman–Crippen MR) is 113 cm³/mol. The van der Waals surface area contributed by atoms with Crippen molar-refractivity contribution in [2.75, 3.05) is 6.61 Å². The number of aryl methyl sites for hydroxylation is 1. The Morgan fingerprint density at radius 2 is 1.93 bits per heavy atom. The molecule has 152 valence electrons. The molecule has 0 saturated carbocycles. The minimum absolute atomic E-state index is 0.0455. The van der Waals surface area contributed by atoms with E-state index in [1.165, 1.54) is 6.08 Å². The number of nitrogens with one attached hydrogen (secondary N) is 1. The molecular formula is C23H19ClN2O4. The molecule has 1 N–H and O–H groups in total. The standard InChI is InChI=1S/C23H19ClN2O4/c1-2-15-4-3-5-18-19(22(28)23(29)25-17-10-20(27)30-13-17)12-26(21(15)18)11-14-6-8-16(24)9-7-14/h3-10,12H,2,11,13H2,1H3,(H,25,29). The molecule has 0 atom stereocenters. The van der Waals surface area contributed by atoms with Gasteiger partial charge < -0.3 is 14.6 Å². The smallest absolute Gasteiger partial charge is 0.333 e. The summed E-state index contributed by atoms with van der Waals surface area (Å²) in [6, 6.07) is 13.2. The number of esters is 1. The third-order valence-electron chi connectivity index (χ3n) is 5.02. The van der Waals surface area contributed by atoms with Crippen LogP contribution < -0.4 is 5.32 Å². The molecule has 0 radical (unpaired) electrons. The summed E-state index contributed by atoms with van der Waals surface area (Å²) in [6.07, 6.45) is 3.67. The summed E-state index contributed by atoms with van der Waals surface area (Å²) < 4.78 is 6.75. The maximum Gasteiger partial charge on any atom is 0.333 e. The molecule has 4 rings (SSSR count). The fourth-order valence-electron chi connectivity index (χ4n) is 3.59. The summed E-state index contributed by atoms with van der Waals surface area (Å²) in [6.45, 7) is 2.54. The molecule has 0 saturated heterocycles. The lowest BCUT2D eigenvalue weighted by Crippen LogP contribution is -2.31. The molecular weight excluding hydrogens is 404 g/mol. The normalized spacial score (nSPS) is 13.3. The van der Waals surface area contributed by atoms with Crippen molar-refractivity contribution in [3.05, 3.63) is 82.1 Å². The van der Waals surface area contributed by atoms with E-state index in [2.05, 4.69) is 5.32 Å². The predicted octanol–water partition coefficient (Wildman–Crippen LogP) is 3.65. The van der Waals surface area contributed by atoms with Crippen LogP contribution in [0.15, 0.2) is 60.4 Å². The molecule has 0 aliphatic carbocycles. The Balaban J connectivity index is 1.72. The van der Waals surface area contributed by atoms with Crippen LogP contribution in [0, 0.1) is 0 Å². The van der Waals surface area contributed by atoms with Gasteiger partial charge in [-0.25, -0.2) is 4.79 Å². The zero-order valence-electron chi connectivity index (χ0n) is 16.3. The van der Waals surface area contributed by atoms with Gasteiger partial charge in [-0.15, -0.1) is 0 Å². The molecule has 2 heterocycles. The van der Waals surface area contributed by atoms with E-state index in [4.69, 9.17) is 16.3 Å². The average molecular weight is 423 g/mol. The summed E-state index contributed by atoms with van der Waals surface area (Å²) in [4.78, 5) is 36.6. The number of cyclic esters (lactones) is 1. The number of carbonyl (C=O) groups is 3. The Kier molecular flexibility index (Phi) is 5.42. The molecule has 0 unspecified atom stereocenters. The van der Waals surface area contributed by atoms with Crippen LogP contribution >= 0.6 is 11.6 Å². The highest BCUT2D eigenvalue weighted by Crippen LogP contribution is 2.27. The Hall–Kier alpha value is -3.38. The van der Waals surface area contributed by atoms with Crippen molar-refractivity contribution in [3.63, 3.8) is 0 Å². The number of ketones is 1. The van der Waals surface area contributed by atoms with Crippen molar-refractivity contribution < 1.29 is 19.1 Å². The Bertz CT molecular complexity index is 1190. The van der Waals surface area contributed by atoms with Gasteiger partial charge in [0, 0.05) is 29.2 Å². The quantitative estimate of drug-likeness (QED) is 0.373. The van der Waals surface area contributed by atoms with Crippen LogP contribution in [0.25, 0.3) is 10.9 Å². The summed E-state index contributed by atoms with van der Waals surface area (Å²) in [7, 11) is 0. The molecule has 1 aliphatic rings. The van der Waals surface area contributed by atoms with Crippen LogP contribution in [0.5, 0.6) is 0 Å². The molecule has 30 heavy (non-hydrogen) atoms. The van der Waals surface area contributed by atoms with E-state index in [1.807, 2.05) is 54.0 Å². The van der Waals surface area contributed by atoms with Gasteiger partial charge in [-0.3, -0.25) is 9.59 Å². The zero-order chi connectivity index (χ0) is 21.3. The van der Waals surface area contributed by atoms with E-state index in [-0.39, 0.29) is 12.3 Å². The molecule has 2 aromatic carbocycles. The van der Waals surface area contributed by atoms with Gasteiger partial charge >= 0.3 is 5.97 Å². The number of aromatic nitrogens is 1. The molecule has 6 nitrogen and oxygen atoms in total. The molecule has 1 aliphatic heterocycles. The number of nitrogens with zero attached hydrogens (tertiary/aromatic N) is 1. The number of amides is 1. The van der Waals surface area contributed by atoms with E-state index in [0.29, 0.717) is 17.1 Å². The first-order valence-electron chi connectivity index (χ1n) is 9.54. The first kappa shape index (κ1) is 19.9. The summed E-state index contributed by atoms with van der Waals surface area (Å²) in [5.41, 5.74) is 3.62. The minimum Gasteiger partial charge on any atom is -0.456 e. The zero-order valence-corrected chi connectivity index (χ0v) is 17.0. The lowest BCUT2D eigenvalue weighted by molar-refractivity contribution is -0.135. The number of Topliss-reactive ketones (excluding diaryl/α,β-unsaturated/α-hetero) is 1. The number of hydrogen-bond acceptors (Lipinski definition) is 4. The van der Waals surface area contributed by atoms with Crippen molar-refractivity contribution in [1.82, 2.24) is 9.88 Å². The van der Waals surface area contributed by atoms with Crippen LogP contribution in [-0.2, 0) is 27.3 Å². The molecule has 0 fully saturated rings. The van der Waals surface area contributed by atoms with Crippen molar-refractivity contribution in [2.45, 2.75) is 19.9 Å². The third kappa shape index (κ3) is 3.86. The molecule has 0 bridgehead atoms. The maximum absolute atomic E-state index is 12.9. The largest absolute Gasteiger partial charge is 0.456 e. The second kappa shape index (κ2) is 8.16. The molecule has 7 heteroatoms. The van der Waals surface area contributed by atoms with Crippen LogP contribution in [0.4, 0.5) is 0 Å². The van der Waals surface area contributed by atoms with Gasteiger partial charge in [-0.05, 0) is 29.7 Å². The number of ether oxygens (including phenoxy) is 1. The molecule has 0 spiro atoms. The summed E-state index contributed by atoms with van der Waals surface area (Å²) >= 11 is 5.99. The second-order valence-corrected chi connectivity index (χ2v) is 7.46. The van der Waals surface area contributed by atoms with Gasteiger partial charge in [0.1, 0.15) is 6.61 Å². The summed E-state index contributed by atoms with van der Waals surface area (Å²) in [5, 5.41) is 3.84. The Morgan fingerprint density at radius 3 is 2.60 bits per heavy atom. The van der Waals surface area contributed by atoms with Crippen LogP contribution in [0.1, 0.15) is 28.4 Å². The van der Waals surface area contributed by atoms with Crippen LogP contribution in [0.2, 0.25) is 5.02 Å². The fraction of sp³-hybridized carbons (Fsp3) is 0.174. The Morgan fingerprint density at radius 1 is 1.17 bits per heavy atom. The number of fused-ring (bicyclic) bond motifs is 1. The van der Waals surface area contributed by atoms with Crippen molar-refractivity contribution in [1.29, 1.82) is 0 Å². The van der Waals surface area contributed by atoms with Gasteiger partial charge in [-0.2, -0.15) is 0 Å². The average Bonchev–Trinajstić information content (AvgIpc) is 3.32. The Labute approximate surface area is 178 Å². The van der Waals surface area contributed by atoms with Crippen molar-refractivity contribution in [2.24, 2.45) is 0 Å². The molecule has 1 amide bonds. The van der Waals surface area contributed by atoms with Crippen molar-refractivity contribution >= 4 is 40.2 Å². The molecule has 3 aromatic rings. The first-order chi connectivity index (χ1) is 14.5. The highest BCUT2D eigenvalue weighted by atomic mass is 35.5. The highest BCUT2D eigenvalue weighted by molar-refractivity contribution is 6.45. The molecule has 1 aromatic heterocycles. The van der Waals surface area contributed by atoms with E-state index >= 15 is 0 Å². The van der Waals surface area contributed by atoms with E-state index in [1.54, 1.807) is 6.20 Å². The van der Waals surface area contributed by atoms with Gasteiger partial charge in [0.2, 0.25) is 0 Å². The van der Waals surface area contributed by atoms with E-state index in [0.717, 1.165) is 28.5 Å². The van der Waals surface area contributed by atoms with Crippen LogP contribution in [0.3, 0.4) is 0 Å². The third-order valence-corrected chi connectivity index (χ3v) is 5.27. The number of para-hydroxylation sites is 1.